The van der Waals surface area contributed by atoms with Gasteiger partial charge in [-0.2, -0.15) is 0 Å². The fraction of sp³-hybridized carbons (Fsp3) is 0.556. The van der Waals surface area contributed by atoms with Crippen LogP contribution in [0.15, 0.2) is 30.3 Å². The number of benzene rings is 1. The quantitative estimate of drug-likeness (QED) is 0.683. The second-order valence-electron chi connectivity index (χ2n) is 6.00. The van der Waals surface area contributed by atoms with Crippen molar-refractivity contribution in [1.29, 1.82) is 0 Å². The van der Waals surface area contributed by atoms with Crippen LogP contribution in [-0.2, 0) is 20.7 Å². The number of ether oxygens (including phenoxy) is 1. The summed E-state index contributed by atoms with van der Waals surface area (Å²) >= 11 is 0. The van der Waals surface area contributed by atoms with Gasteiger partial charge in [0.25, 0.3) is 0 Å². The number of methoxy groups -OCH3 is 1. The van der Waals surface area contributed by atoms with Crippen molar-refractivity contribution in [2.24, 2.45) is 0 Å². The number of hydrogen-bond donors (Lipinski definition) is 2. The highest BCUT2D eigenvalue weighted by Gasteiger charge is 2.38. The summed E-state index contributed by atoms with van der Waals surface area (Å²) in [6.07, 6.45) is 2.30. The van der Waals surface area contributed by atoms with E-state index in [1.54, 1.807) is 14.2 Å². The maximum absolute atomic E-state index is 12.5. The van der Waals surface area contributed by atoms with Crippen molar-refractivity contribution in [1.82, 2.24) is 15.5 Å². The number of carbonyl (C=O) groups is 2. The third kappa shape index (κ3) is 4.79. The second kappa shape index (κ2) is 9.39. The van der Waals surface area contributed by atoms with Gasteiger partial charge in [-0.1, -0.05) is 30.3 Å². The lowest BCUT2D eigenvalue weighted by Crippen LogP contribution is -2.53. The lowest BCUT2D eigenvalue weighted by atomic mass is 10.0. The molecule has 24 heavy (non-hydrogen) atoms. The number of likely N-dealkylation sites (N-methyl/N-ethyl adjacent to an activating group) is 1. The lowest BCUT2D eigenvalue weighted by Gasteiger charge is -2.31. The highest BCUT2D eigenvalue weighted by molar-refractivity contribution is 5.85. The van der Waals surface area contributed by atoms with Gasteiger partial charge in [-0.15, -0.1) is 0 Å². The van der Waals surface area contributed by atoms with Crippen LogP contribution in [0, 0.1) is 0 Å². The van der Waals surface area contributed by atoms with Gasteiger partial charge in [-0.3, -0.25) is 14.5 Å². The number of carbonyl (C=O) groups excluding carboxylic acids is 2. The van der Waals surface area contributed by atoms with E-state index < -0.39 is 0 Å². The number of nitrogens with one attached hydrogen (secondary N) is 2. The molecular formula is C18H27N3O3. The van der Waals surface area contributed by atoms with Crippen LogP contribution in [0.4, 0.5) is 0 Å². The molecule has 1 fully saturated rings. The van der Waals surface area contributed by atoms with Crippen molar-refractivity contribution in [2.45, 2.75) is 31.3 Å². The second-order valence-corrected chi connectivity index (χ2v) is 6.00. The Balaban J connectivity index is 2.09. The first kappa shape index (κ1) is 18.4. The molecule has 0 unspecified atom stereocenters. The fourth-order valence-corrected chi connectivity index (χ4v) is 3.20. The van der Waals surface area contributed by atoms with Crippen molar-refractivity contribution in [3.8, 4) is 0 Å². The minimum atomic E-state index is -0.335. The van der Waals surface area contributed by atoms with Gasteiger partial charge in [0, 0.05) is 20.7 Å². The topological polar surface area (TPSA) is 70.7 Å². The van der Waals surface area contributed by atoms with Crippen molar-refractivity contribution in [3.63, 3.8) is 0 Å². The molecule has 0 saturated carbocycles. The molecule has 132 valence electrons. The van der Waals surface area contributed by atoms with Crippen LogP contribution in [0.25, 0.3) is 0 Å². The lowest BCUT2D eigenvalue weighted by molar-refractivity contribution is -0.131. The first-order chi connectivity index (χ1) is 11.7. The molecular weight excluding hydrogens is 306 g/mol. The standard InChI is InChI=1S/C18H27N3O3/c1-19-17(22)16(13-14-7-4-3-5-8-14)21-11-6-9-15(21)18(23)20-10-12-24-2/h3-5,7-8,15-16H,6,9-13H2,1-2H3,(H,19,22)(H,20,23)/t15-,16+/m0/s1. The highest BCUT2D eigenvalue weighted by Crippen LogP contribution is 2.22. The van der Waals surface area contributed by atoms with E-state index in [0.29, 0.717) is 19.6 Å². The van der Waals surface area contributed by atoms with Crippen molar-refractivity contribution in [3.05, 3.63) is 35.9 Å². The molecule has 0 radical (unpaired) electrons. The molecule has 0 aliphatic carbocycles. The Morgan fingerprint density at radius 3 is 2.75 bits per heavy atom. The van der Waals surface area contributed by atoms with Gasteiger partial charge >= 0.3 is 0 Å². The molecule has 1 saturated heterocycles. The molecule has 2 atom stereocenters. The molecule has 2 N–H and O–H groups in total. The summed E-state index contributed by atoms with van der Waals surface area (Å²) in [4.78, 5) is 26.9. The number of nitrogens with zero attached hydrogens (tertiary/aromatic N) is 1. The summed E-state index contributed by atoms with van der Waals surface area (Å²) < 4.78 is 4.97. The van der Waals surface area contributed by atoms with Gasteiger partial charge < -0.3 is 15.4 Å². The van der Waals surface area contributed by atoms with Crippen molar-refractivity contribution >= 4 is 11.8 Å². The molecule has 2 amide bonds. The predicted octanol–water partition coefficient (Wildman–Crippen LogP) is 0.571. The predicted molar refractivity (Wildman–Crippen MR) is 92.6 cm³/mol. The maximum atomic E-state index is 12.5. The third-order valence-corrected chi connectivity index (χ3v) is 4.42. The number of rotatable bonds is 8. The first-order valence-corrected chi connectivity index (χ1v) is 8.45. The van der Waals surface area contributed by atoms with E-state index in [2.05, 4.69) is 10.6 Å². The number of hydrogen-bond acceptors (Lipinski definition) is 4. The monoisotopic (exact) mass is 333 g/mol. The normalized spacial score (nSPS) is 19.0. The smallest absolute Gasteiger partial charge is 0.237 e. The van der Waals surface area contributed by atoms with Gasteiger partial charge in [-0.25, -0.2) is 0 Å². The summed E-state index contributed by atoms with van der Waals surface area (Å²) in [5, 5.41) is 5.64. The summed E-state index contributed by atoms with van der Waals surface area (Å²) in [6.45, 7) is 1.73. The van der Waals surface area contributed by atoms with Crippen LogP contribution in [0.3, 0.4) is 0 Å². The van der Waals surface area contributed by atoms with Crippen LogP contribution in [0.1, 0.15) is 18.4 Å². The van der Waals surface area contributed by atoms with Gasteiger partial charge in [0.2, 0.25) is 11.8 Å². The van der Waals surface area contributed by atoms with Gasteiger partial charge in [0.1, 0.15) is 0 Å². The van der Waals surface area contributed by atoms with Crippen molar-refractivity contribution in [2.75, 3.05) is 33.9 Å². The third-order valence-electron chi connectivity index (χ3n) is 4.42. The summed E-state index contributed by atoms with van der Waals surface area (Å²) in [6, 6.07) is 9.33. The average molecular weight is 333 g/mol. The van der Waals surface area contributed by atoms with Crippen LogP contribution in [-0.4, -0.2) is 62.7 Å². The Morgan fingerprint density at radius 2 is 2.08 bits per heavy atom. The minimum absolute atomic E-state index is 0.0217. The first-order valence-electron chi connectivity index (χ1n) is 8.45. The zero-order valence-electron chi connectivity index (χ0n) is 14.5. The van der Waals surface area contributed by atoms with E-state index in [-0.39, 0.29) is 23.9 Å². The molecule has 1 aliphatic heterocycles. The largest absolute Gasteiger partial charge is 0.383 e. The Kier molecular flexibility index (Phi) is 7.21. The molecule has 0 aromatic heterocycles. The molecule has 0 bridgehead atoms. The highest BCUT2D eigenvalue weighted by atomic mass is 16.5. The SMILES string of the molecule is CNC(=O)[C@@H](Cc1ccccc1)N1CCC[C@H]1C(=O)NCCOC. The zero-order valence-corrected chi connectivity index (χ0v) is 14.5. The Labute approximate surface area is 143 Å². The molecule has 6 heteroatoms. The molecule has 1 aliphatic rings. The Hall–Kier alpha value is -1.92. The Bertz CT molecular complexity index is 536. The molecule has 2 rings (SSSR count). The van der Waals surface area contributed by atoms with Crippen LogP contribution in [0.2, 0.25) is 0 Å². The summed E-state index contributed by atoms with van der Waals surface area (Å²) in [7, 11) is 3.25. The van der Waals surface area contributed by atoms with Gasteiger partial charge in [0.05, 0.1) is 18.7 Å². The number of amides is 2. The zero-order chi connectivity index (χ0) is 17.4. The van der Waals surface area contributed by atoms with E-state index in [9.17, 15) is 9.59 Å². The van der Waals surface area contributed by atoms with E-state index in [0.717, 1.165) is 24.9 Å². The van der Waals surface area contributed by atoms with E-state index in [1.165, 1.54) is 0 Å². The molecule has 1 aromatic carbocycles. The Morgan fingerprint density at radius 1 is 1.33 bits per heavy atom. The van der Waals surface area contributed by atoms with Gasteiger partial charge in [0.15, 0.2) is 0 Å². The van der Waals surface area contributed by atoms with E-state index >= 15 is 0 Å². The van der Waals surface area contributed by atoms with E-state index in [1.807, 2.05) is 35.2 Å². The van der Waals surface area contributed by atoms with Crippen molar-refractivity contribution < 1.29 is 14.3 Å². The number of likely N-dealkylation sites (tertiary alicyclic amines) is 1. The maximum Gasteiger partial charge on any atom is 0.237 e. The van der Waals surface area contributed by atoms with Crippen LogP contribution < -0.4 is 10.6 Å². The average Bonchev–Trinajstić information content (AvgIpc) is 3.09. The minimum Gasteiger partial charge on any atom is -0.383 e. The molecule has 0 spiro atoms. The summed E-state index contributed by atoms with van der Waals surface area (Å²) in [5.74, 6) is -0.0676. The molecule has 1 heterocycles. The van der Waals surface area contributed by atoms with E-state index in [4.69, 9.17) is 4.74 Å². The molecule has 1 aromatic rings. The molecule has 6 nitrogen and oxygen atoms in total. The van der Waals surface area contributed by atoms with Crippen LogP contribution in [0.5, 0.6) is 0 Å². The van der Waals surface area contributed by atoms with Gasteiger partial charge in [-0.05, 0) is 31.4 Å². The van der Waals surface area contributed by atoms with Crippen LogP contribution >= 0.6 is 0 Å². The fourth-order valence-electron chi connectivity index (χ4n) is 3.20. The summed E-state index contributed by atoms with van der Waals surface area (Å²) in [5.41, 5.74) is 1.09.